The Morgan fingerprint density at radius 3 is 2.94 bits per heavy atom. The van der Waals surface area contributed by atoms with E-state index in [2.05, 4.69) is 17.0 Å². The van der Waals surface area contributed by atoms with Gasteiger partial charge in [0.25, 0.3) is 0 Å². The molecule has 1 rings (SSSR count). The fourth-order valence-corrected chi connectivity index (χ4v) is 1.49. The Balaban J connectivity index is 3.05. The summed E-state index contributed by atoms with van der Waals surface area (Å²) >= 11 is 0. The van der Waals surface area contributed by atoms with Crippen LogP contribution in [0.4, 0.5) is 0 Å². The van der Waals surface area contributed by atoms with E-state index in [1.807, 2.05) is 6.92 Å². The van der Waals surface area contributed by atoms with Crippen molar-refractivity contribution in [3.05, 3.63) is 23.0 Å². The van der Waals surface area contributed by atoms with Crippen LogP contribution in [0.25, 0.3) is 0 Å². The fraction of sp³-hybridized carbons (Fsp3) is 0.500. The molecule has 0 amide bonds. The summed E-state index contributed by atoms with van der Waals surface area (Å²) in [7, 11) is 0. The van der Waals surface area contributed by atoms with Gasteiger partial charge in [-0.3, -0.25) is 4.98 Å². The van der Waals surface area contributed by atoms with Crippen LogP contribution in [-0.2, 0) is 6.61 Å². The topological polar surface area (TPSA) is 80.7 Å². The highest BCUT2D eigenvalue weighted by atomic mass is 16.5. The monoisotopic (exact) mass is 237 g/mol. The SMILES string of the molecule is CCCCOc1c(C)ncc(CO)c1/C=N\N. The van der Waals surface area contributed by atoms with Crippen molar-refractivity contribution >= 4 is 6.21 Å². The zero-order valence-corrected chi connectivity index (χ0v) is 10.3. The van der Waals surface area contributed by atoms with E-state index in [0.717, 1.165) is 18.5 Å². The number of aliphatic hydroxyl groups excluding tert-OH is 1. The second-order valence-electron chi connectivity index (χ2n) is 3.75. The number of aromatic nitrogens is 1. The average Bonchev–Trinajstić information content (AvgIpc) is 2.33. The Bertz CT molecular complexity index is 392. The van der Waals surface area contributed by atoms with Gasteiger partial charge in [0, 0.05) is 17.3 Å². The van der Waals surface area contributed by atoms with Crippen LogP contribution in [0.2, 0.25) is 0 Å². The minimum atomic E-state index is -0.112. The van der Waals surface area contributed by atoms with Gasteiger partial charge in [-0.1, -0.05) is 13.3 Å². The smallest absolute Gasteiger partial charge is 0.149 e. The lowest BCUT2D eigenvalue weighted by Crippen LogP contribution is -2.06. The van der Waals surface area contributed by atoms with E-state index < -0.39 is 0 Å². The van der Waals surface area contributed by atoms with Gasteiger partial charge in [0.05, 0.1) is 25.1 Å². The number of ether oxygens (including phenoxy) is 1. The quantitative estimate of drug-likeness (QED) is 0.339. The maximum atomic E-state index is 9.23. The molecule has 94 valence electrons. The largest absolute Gasteiger partial charge is 0.491 e. The average molecular weight is 237 g/mol. The van der Waals surface area contributed by atoms with Crippen molar-refractivity contribution in [2.24, 2.45) is 10.9 Å². The Morgan fingerprint density at radius 2 is 2.35 bits per heavy atom. The predicted molar refractivity (Wildman–Crippen MR) is 67.1 cm³/mol. The van der Waals surface area contributed by atoms with E-state index in [1.165, 1.54) is 6.21 Å². The molecule has 0 aliphatic heterocycles. The number of aliphatic hydroxyl groups is 1. The summed E-state index contributed by atoms with van der Waals surface area (Å²) in [6.45, 7) is 4.47. The highest BCUT2D eigenvalue weighted by Crippen LogP contribution is 2.24. The first kappa shape index (κ1) is 13.4. The summed E-state index contributed by atoms with van der Waals surface area (Å²) in [5.74, 6) is 5.82. The second kappa shape index (κ2) is 6.85. The minimum absolute atomic E-state index is 0.112. The Morgan fingerprint density at radius 1 is 1.59 bits per heavy atom. The molecule has 0 unspecified atom stereocenters. The Hall–Kier alpha value is -1.62. The number of pyridine rings is 1. The van der Waals surface area contributed by atoms with E-state index >= 15 is 0 Å². The highest BCUT2D eigenvalue weighted by molar-refractivity contribution is 5.85. The number of nitrogens with two attached hydrogens (primary N) is 1. The van der Waals surface area contributed by atoms with Crippen LogP contribution in [-0.4, -0.2) is 22.9 Å². The van der Waals surface area contributed by atoms with Gasteiger partial charge in [0.1, 0.15) is 5.75 Å². The van der Waals surface area contributed by atoms with Gasteiger partial charge in [-0.25, -0.2) is 0 Å². The number of hydrazone groups is 1. The number of unbranched alkanes of at least 4 members (excludes halogenated alkanes) is 1. The molecule has 0 atom stereocenters. The standard InChI is InChI=1S/C12H19N3O2/c1-3-4-5-17-12-9(2)14-6-10(8-16)11(12)7-15-13/h6-7,16H,3-5,8,13H2,1-2H3/b15-7-. The molecule has 0 saturated heterocycles. The summed E-state index contributed by atoms with van der Waals surface area (Å²) in [4.78, 5) is 4.18. The summed E-state index contributed by atoms with van der Waals surface area (Å²) < 4.78 is 5.68. The molecule has 3 N–H and O–H groups in total. The molecule has 0 fully saturated rings. The molecule has 17 heavy (non-hydrogen) atoms. The molecule has 0 bridgehead atoms. The van der Waals surface area contributed by atoms with Crippen LogP contribution in [0.3, 0.4) is 0 Å². The molecule has 0 aliphatic rings. The highest BCUT2D eigenvalue weighted by Gasteiger charge is 2.11. The van der Waals surface area contributed by atoms with E-state index in [-0.39, 0.29) is 6.61 Å². The second-order valence-corrected chi connectivity index (χ2v) is 3.75. The molecule has 0 spiro atoms. The van der Waals surface area contributed by atoms with Gasteiger partial charge in [0.2, 0.25) is 0 Å². The lowest BCUT2D eigenvalue weighted by molar-refractivity contribution is 0.276. The first-order chi connectivity index (χ1) is 8.24. The molecule has 0 aliphatic carbocycles. The number of hydrogen-bond acceptors (Lipinski definition) is 5. The lowest BCUT2D eigenvalue weighted by Gasteiger charge is -2.13. The Labute approximate surface area is 101 Å². The summed E-state index contributed by atoms with van der Waals surface area (Å²) in [5, 5.41) is 12.7. The molecule has 0 radical (unpaired) electrons. The summed E-state index contributed by atoms with van der Waals surface area (Å²) in [6, 6.07) is 0. The van der Waals surface area contributed by atoms with Gasteiger partial charge < -0.3 is 15.7 Å². The van der Waals surface area contributed by atoms with Crippen molar-refractivity contribution < 1.29 is 9.84 Å². The van der Waals surface area contributed by atoms with Crippen LogP contribution in [0.1, 0.15) is 36.6 Å². The van der Waals surface area contributed by atoms with Crippen molar-refractivity contribution in [1.29, 1.82) is 0 Å². The van der Waals surface area contributed by atoms with E-state index in [4.69, 9.17) is 10.6 Å². The fourth-order valence-electron chi connectivity index (χ4n) is 1.49. The molecular formula is C12H19N3O2. The van der Waals surface area contributed by atoms with Gasteiger partial charge in [-0.2, -0.15) is 5.10 Å². The number of rotatable bonds is 6. The molecule has 0 aromatic carbocycles. The normalized spacial score (nSPS) is 11.0. The zero-order valence-electron chi connectivity index (χ0n) is 10.3. The van der Waals surface area contributed by atoms with E-state index in [0.29, 0.717) is 23.5 Å². The summed E-state index contributed by atoms with van der Waals surface area (Å²) in [6.07, 6.45) is 5.13. The minimum Gasteiger partial charge on any atom is -0.491 e. The number of hydrogen-bond donors (Lipinski definition) is 2. The molecule has 1 aromatic rings. The maximum absolute atomic E-state index is 9.23. The van der Waals surface area contributed by atoms with Crippen LogP contribution >= 0.6 is 0 Å². The van der Waals surface area contributed by atoms with E-state index in [9.17, 15) is 5.11 Å². The van der Waals surface area contributed by atoms with Crippen LogP contribution in [0.5, 0.6) is 5.75 Å². The first-order valence-electron chi connectivity index (χ1n) is 5.70. The number of nitrogens with zero attached hydrogens (tertiary/aromatic N) is 2. The van der Waals surface area contributed by atoms with Crippen molar-refractivity contribution in [2.75, 3.05) is 6.61 Å². The third kappa shape index (κ3) is 3.42. The van der Waals surface area contributed by atoms with Crippen molar-refractivity contribution in [3.63, 3.8) is 0 Å². The van der Waals surface area contributed by atoms with Crippen molar-refractivity contribution in [1.82, 2.24) is 4.98 Å². The molecular weight excluding hydrogens is 218 g/mol. The van der Waals surface area contributed by atoms with Gasteiger partial charge in [-0.05, 0) is 13.3 Å². The molecule has 0 saturated carbocycles. The van der Waals surface area contributed by atoms with E-state index in [1.54, 1.807) is 6.20 Å². The van der Waals surface area contributed by atoms with Crippen LogP contribution < -0.4 is 10.6 Å². The number of aryl methyl sites for hydroxylation is 1. The third-order valence-electron chi connectivity index (χ3n) is 2.45. The lowest BCUT2D eigenvalue weighted by atomic mass is 10.1. The predicted octanol–water partition coefficient (Wildman–Crippen LogP) is 1.35. The first-order valence-corrected chi connectivity index (χ1v) is 5.70. The molecule has 1 aromatic heterocycles. The van der Waals surface area contributed by atoms with Crippen LogP contribution in [0, 0.1) is 6.92 Å². The zero-order chi connectivity index (χ0) is 12.7. The van der Waals surface area contributed by atoms with Gasteiger partial charge in [0.15, 0.2) is 0 Å². The van der Waals surface area contributed by atoms with Crippen LogP contribution in [0.15, 0.2) is 11.3 Å². The maximum Gasteiger partial charge on any atom is 0.149 e. The van der Waals surface area contributed by atoms with Crippen molar-refractivity contribution in [3.8, 4) is 5.75 Å². The molecule has 5 heteroatoms. The molecule has 5 nitrogen and oxygen atoms in total. The van der Waals surface area contributed by atoms with Gasteiger partial charge in [-0.15, -0.1) is 0 Å². The van der Waals surface area contributed by atoms with Gasteiger partial charge >= 0.3 is 0 Å². The molecule has 1 heterocycles. The Kier molecular flexibility index (Phi) is 5.42. The summed E-state index contributed by atoms with van der Waals surface area (Å²) in [5.41, 5.74) is 2.14. The third-order valence-corrected chi connectivity index (χ3v) is 2.45. The van der Waals surface area contributed by atoms with Crippen molar-refractivity contribution in [2.45, 2.75) is 33.3 Å².